The maximum Gasteiger partial charge on any atom is 0.0521 e. The Morgan fingerprint density at radius 3 is 2.21 bits per heavy atom. The summed E-state index contributed by atoms with van der Waals surface area (Å²) in [7, 11) is 0. The lowest BCUT2D eigenvalue weighted by Crippen LogP contribution is -2.08. The summed E-state index contributed by atoms with van der Waals surface area (Å²) in [5, 5.41) is 17.9. The standard InChI is InChI=1S/C12H14O2/c1-2-3-10-4-6-11(7-5-10)12(8-13)9-14/h3-7,12-14H,1,8-9H2. The summed E-state index contributed by atoms with van der Waals surface area (Å²) in [5.74, 6) is -0.184. The fourth-order valence-electron chi connectivity index (χ4n) is 1.25. The van der Waals surface area contributed by atoms with Crippen LogP contribution in [0.25, 0.3) is 6.08 Å². The molecular weight excluding hydrogens is 176 g/mol. The van der Waals surface area contributed by atoms with E-state index < -0.39 is 0 Å². The third-order valence-corrected chi connectivity index (χ3v) is 2.12. The first-order valence-electron chi connectivity index (χ1n) is 4.49. The largest absolute Gasteiger partial charge is 0.396 e. The van der Waals surface area contributed by atoms with Crippen molar-refractivity contribution < 1.29 is 10.2 Å². The Kier molecular flexibility index (Phi) is 4.14. The molecule has 1 aromatic carbocycles. The second-order valence-electron chi connectivity index (χ2n) is 3.08. The molecule has 0 aromatic heterocycles. The molecule has 0 atom stereocenters. The van der Waals surface area contributed by atoms with E-state index >= 15 is 0 Å². The quantitative estimate of drug-likeness (QED) is 0.707. The Morgan fingerprint density at radius 1 is 1.21 bits per heavy atom. The minimum Gasteiger partial charge on any atom is -0.396 e. The van der Waals surface area contributed by atoms with Crippen molar-refractivity contribution >= 4 is 6.08 Å². The molecule has 0 aliphatic heterocycles. The van der Waals surface area contributed by atoms with E-state index in [0.29, 0.717) is 0 Å². The summed E-state index contributed by atoms with van der Waals surface area (Å²) < 4.78 is 0. The summed E-state index contributed by atoms with van der Waals surface area (Å²) >= 11 is 0. The molecule has 74 valence electrons. The zero-order chi connectivity index (χ0) is 10.4. The molecule has 0 bridgehead atoms. The molecular formula is C12H14O2. The number of rotatable bonds is 4. The first-order chi connectivity index (χ1) is 6.81. The van der Waals surface area contributed by atoms with Crippen molar-refractivity contribution in [2.24, 2.45) is 0 Å². The summed E-state index contributed by atoms with van der Waals surface area (Å²) in [6.45, 7) is 3.42. The second kappa shape index (κ2) is 5.40. The average molecular weight is 190 g/mol. The minimum atomic E-state index is -0.184. The summed E-state index contributed by atoms with van der Waals surface area (Å²) in [6, 6.07) is 7.60. The third kappa shape index (κ3) is 2.57. The van der Waals surface area contributed by atoms with Crippen LogP contribution in [0.1, 0.15) is 17.0 Å². The van der Waals surface area contributed by atoms with Gasteiger partial charge in [0, 0.05) is 5.92 Å². The highest BCUT2D eigenvalue weighted by Crippen LogP contribution is 2.15. The third-order valence-electron chi connectivity index (χ3n) is 2.12. The molecule has 2 heteroatoms. The van der Waals surface area contributed by atoms with Crippen molar-refractivity contribution in [3.63, 3.8) is 0 Å². The van der Waals surface area contributed by atoms with Crippen LogP contribution in [-0.4, -0.2) is 23.4 Å². The normalized spacial score (nSPS) is 9.93. The predicted octanol–water partition coefficient (Wildman–Crippen LogP) is 1.55. The van der Waals surface area contributed by atoms with Crippen LogP contribution in [0.2, 0.25) is 0 Å². The molecule has 1 aromatic rings. The molecule has 0 fully saturated rings. The van der Waals surface area contributed by atoms with Gasteiger partial charge in [0.1, 0.15) is 0 Å². The van der Waals surface area contributed by atoms with Crippen LogP contribution < -0.4 is 0 Å². The Hall–Kier alpha value is -1.34. The van der Waals surface area contributed by atoms with Crippen molar-refractivity contribution in [3.8, 4) is 0 Å². The van der Waals surface area contributed by atoms with Crippen molar-refractivity contribution in [1.29, 1.82) is 0 Å². The lowest BCUT2D eigenvalue weighted by Gasteiger charge is -2.10. The monoisotopic (exact) mass is 190 g/mol. The maximum absolute atomic E-state index is 8.96. The van der Waals surface area contributed by atoms with Gasteiger partial charge in [-0.05, 0) is 17.2 Å². The van der Waals surface area contributed by atoms with E-state index in [-0.39, 0.29) is 19.1 Å². The molecule has 0 spiro atoms. The van der Waals surface area contributed by atoms with Gasteiger partial charge in [-0.15, -0.1) is 5.73 Å². The van der Waals surface area contributed by atoms with Crippen molar-refractivity contribution in [2.45, 2.75) is 5.92 Å². The van der Waals surface area contributed by atoms with Gasteiger partial charge in [-0.2, -0.15) is 0 Å². The Balaban J connectivity index is 2.86. The maximum atomic E-state index is 8.96. The first kappa shape index (κ1) is 10.7. The number of aliphatic hydroxyl groups excluding tert-OH is 2. The molecule has 2 nitrogen and oxygen atoms in total. The summed E-state index contributed by atoms with van der Waals surface area (Å²) in [4.78, 5) is 0. The molecule has 0 unspecified atom stereocenters. The van der Waals surface area contributed by atoms with Crippen LogP contribution >= 0.6 is 0 Å². The average Bonchev–Trinajstić information content (AvgIpc) is 2.23. The zero-order valence-corrected chi connectivity index (χ0v) is 7.98. The van der Waals surface area contributed by atoms with Gasteiger partial charge in [-0.3, -0.25) is 0 Å². The predicted molar refractivity (Wildman–Crippen MR) is 57.0 cm³/mol. The molecule has 0 saturated heterocycles. The highest BCUT2D eigenvalue weighted by Gasteiger charge is 2.07. The van der Waals surface area contributed by atoms with Gasteiger partial charge in [-0.1, -0.05) is 30.8 Å². The van der Waals surface area contributed by atoms with Crippen LogP contribution in [-0.2, 0) is 0 Å². The molecule has 0 aliphatic carbocycles. The number of benzene rings is 1. The smallest absolute Gasteiger partial charge is 0.0521 e. The van der Waals surface area contributed by atoms with E-state index in [1.807, 2.05) is 24.3 Å². The van der Waals surface area contributed by atoms with Crippen molar-refractivity contribution in [1.82, 2.24) is 0 Å². The van der Waals surface area contributed by atoms with Crippen LogP contribution in [0.3, 0.4) is 0 Å². The number of aliphatic hydroxyl groups is 2. The molecule has 0 amide bonds. The molecule has 0 radical (unpaired) electrons. The van der Waals surface area contributed by atoms with Crippen LogP contribution in [0.15, 0.2) is 36.6 Å². The highest BCUT2D eigenvalue weighted by molar-refractivity contribution is 5.48. The first-order valence-corrected chi connectivity index (χ1v) is 4.49. The van der Waals surface area contributed by atoms with Gasteiger partial charge < -0.3 is 10.2 Å². The Labute approximate surface area is 83.8 Å². The fraction of sp³-hybridized carbons (Fsp3) is 0.250. The van der Waals surface area contributed by atoms with E-state index in [2.05, 4.69) is 12.3 Å². The zero-order valence-electron chi connectivity index (χ0n) is 7.98. The molecule has 14 heavy (non-hydrogen) atoms. The van der Waals surface area contributed by atoms with Gasteiger partial charge in [0.05, 0.1) is 13.2 Å². The molecule has 0 heterocycles. The highest BCUT2D eigenvalue weighted by atomic mass is 16.3. The van der Waals surface area contributed by atoms with Gasteiger partial charge in [0.2, 0.25) is 0 Å². The molecule has 0 aliphatic rings. The number of hydrogen-bond acceptors (Lipinski definition) is 2. The lowest BCUT2D eigenvalue weighted by molar-refractivity contribution is 0.192. The Morgan fingerprint density at radius 2 is 1.79 bits per heavy atom. The van der Waals surface area contributed by atoms with E-state index in [9.17, 15) is 0 Å². The summed E-state index contributed by atoms with van der Waals surface area (Å²) in [5.41, 5.74) is 4.64. The molecule has 0 saturated carbocycles. The van der Waals surface area contributed by atoms with Crippen LogP contribution in [0, 0.1) is 0 Å². The van der Waals surface area contributed by atoms with Crippen molar-refractivity contribution in [3.05, 3.63) is 47.7 Å². The molecule has 1 rings (SSSR count). The van der Waals surface area contributed by atoms with E-state index in [0.717, 1.165) is 11.1 Å². The van der Waals surface area contributed by atoms with Crippen molar-refractivity contribution in [2.75, 3.05) is 13.2 Å². The van der Waals surface area contributed by atoms with Crippen LogP contribution in [0.5, 0.6) is 0 Å². The second-order valence-corrected chi connectivity index (χ2v) is 3.08. The minimum absolute atomic E-state index is 0.0346. The fourth-order valence-corrected chi connectivity index (χ4v) is 1.25. The SMILES string of the molecule is C=C=Cc1ccc(C(CO)CO)cc1. The van der Waals surface area contributed by atoms with E-state index in [1.165, 1.54) is 0 Å². The van der Waals surface area contributed by atoms with Gasteiger partial charge in [0.25, 0.3) is 0 Å². The lowest BCUT2D eigenvalue weighted by atomic mass is 10.00. The van der Waals surface area contributed by atoms with E-state index in [1.54, 1.807) is 6.08 Å². The molecule has 2 N–H and O–H groups in total. The van der Waals surface area contributed by atoms with Gasteiger partial charge in [-0.25, -0.2) is 0 Å². The summed E-state index contributed by atoms with van der Waals surface area (Å²) in [6.07, 6.45) is 1.77. The topological polar surface area (TPSA) is 40.5 Å². The number of hydrogen-bond donors (Lipinski definition) is 2. The van der Waals surface area contributed by atoms with Gasteiger partial charge >= 0.3 is 0 Å². The van der Waals surface area contributed by atoms with E-state index in [4.69, 9.17) is 10.2 Å². The Bertz CT molecular complexity index is 317. The van der Waals surface area contributed by atoms with Crippen LogP contribution in [0.4, 0.5) is 0 Å². The van der Waals surface area contributed by atoms with Gasteiger partial charge in [0.15, 0.2) is 0 Å².